The minimum Gasteiger partial charge on any atom is -0.497 e. The predicted octanol–water partition coefficient (Wildman–Crippen LogP) is 4.53. The smallest absolute Gasteiger partial charge is 0.250 e. The summed E-state index contributed by atoms with van der Waals surface area (Å²) in [6.45, 7) is 0. The fourth-order valence-electron chi connectivity index (χ4n) is 1.94. The van der Waals surface area contributed by atoms with Gasteiger partial charge in [-0.3, -0.25) is 10.1 Å². The molecule has 2 heterocycles. The lowest BCUT2D eigenvalue weighted by molar-refractivity contribution is -0.111. The molecular weight excluding hydrogens is 328 g/mol. The Hall–Kier alpha value is -2.44. The lowest BCUT2D eigenvalue weighted by atomic mass is 10.2. The van der Waals surface area contributed by atoms with Crippen molar-refractivity contribution in [1.82, 2.24) is 4.98 Å². The van der Waals surface area contributed by atoms with Crippen molar-refractivity contribution in [2.45, 2.75) is 0 Å². The molecule has 0 spiro atoms. The molecule has 116 valence electrons. The maximum Gasteiger partial charge on any atom is 0.250 e. The summed E-state index contributed by atoms with van der Waals surface area (Å²) in [7, 11) is 1.63. The molecule has 0 radical (unpaired) electrons. The maximum absolute atomic E-state index is 11.9. The van der Waals surface area contributed by atoms with Gasteiger partial charge in [-0.2, -0.15) is 0 Å². The van der Waals surface area contributed by atoms with E-state index in [-0.39, 0.29) is 5.91 Å². The Balaban J connectivity index is 1.68. The molecule has 0 aliphatic carbocycles. The van der Waals surface area contributed by atoms with Gasteiger partial charge in [0.15, 0.2) is 5.13 Å². The topological polar surface area (TPSA) is 51.2 Å². The van der Waals surface area contributed by atoms with Gasteiger partial charge in [-0.15, -0.1) is 22.7 Å². The van der Waals surface area contributed by atoms with E-state index in [1.165, 1.54) is 17.4 Å². The highest BCUT2D eigenvalue weighted by Gasteiger charge is 2.07. The van der Waals surface area contributed by atoms with E-state index in [2.05, 4.69) is 10.3 Å². The number of nitrogens with one attached hydrogen (secondary N) is 1. The highest BCUT2D eigenvalue weighted by Crippen LogP contribution is 2.27. The maximum atomic E-state index is 11.9. The first-order chi connectivity index (χ1) is 11.2. The zero-order chi connectivity index (χ0) is 16.1. The number of nitrogens with zero attached hydrogens (tertiary/aromatic N) is 1. The fourth-order valence-corrected chi connectivity index (χ4v) is 3.28. The molecule has 4 nitrogen and oxygen atoms in total. The molecule has 0 aliphatic rings. The minimum atomic E-state index is -0.190. The van der Waals surface area contributed by atoms with Crippen LogP contribution in [0.2, 0.25) is 0 Å². The van der Waals surface area contributed by atoms with E-state index in [4.69, 9.17) is 4.74 Å². The van der Waals surface area contributed by atoms with Gasteiger partial charge >= 0.3 is 0 Å². The number of rotatable bonds is 5. The van der Waals surface area contributed by atoms with Crippen LogP contribution in [0, 0.1) is 0 Å². The lowest BCUT2D eigenvalue weighted by Gasteiger charge is -2.01. The summed E-state index contributed by atoms with van der Waals surface area (Å²) in [6.07, 6.45) is 3.30. The number of aromatic nitrogens is 1. The first-order valence-corrected chi connectivity index (χ1v) is 8.63. The number of thiazole rings is 1. The zero-order valence-electron chi connectivity index (χ0n) is 12.4. The summed E-state index contributed by atoms with van der Waals surface area (Å²) in [6, 6.07) is 11.6. The Bertz CT molecular complexity index is 823. The van der Waals surface area contributed by atoms with Crippen molar-refractivity contribution in [3.63, 3.8) is 0 Å². The van der Waals surface area contributed by atoms with Crippen LogP contribution in [0.15, 0.2) is 53.2 Å². The molecule has 23 heavy (non-hydrogen) atoms. The molecule has 3 rings (SSSR count). The summed E-state index contributed by atoms with van der Waals surface area (Å²) in [5, 5.41) is 7.23. The van der Waals surface area contributed by atoms with Crippen molar-refractivity contribution in [3.05, 3.63) is 58.1 Å². The van der Waals surface area contributed by atoms with Crippen LogP contribution >= 0.6 is 22.7 Å². The van der Waals surface area contributed by atoms with Gasteiger partial charge in [0.05, 0.1) is 12.8 Å². The number of amides is 1. The molecule has 1 aromatic carbocycles. The third-order valence-corrected chi connectivity index (χ3v) is 4.64. The third kappa shape index (κ3) is 4.06. The molecule has 0 atom stereocenters. The average molecular weight is 342 g/mol. The van der Waals surface area contributed by atoms with E-state index >= 15 is 0 Å². The van der Waals surface area contributed by atoms with E-state index in [0.717, 1.165) is 21.9 Å². The predicted molar refractivity (Wildman–Crippen MR) is 96.1 cm³/mol. The zero-order valence-corrected chi connectivity index (χ0v) is 14.0. The molecule has 0 saturated heterocycles. The second kappa shape index (κ2) is 7.21. The van der Waals surface area contributed by atoms with Crippen LogP contribution in [0.5, 0.6) is 5.75 Å². The van der Waals surface area contributed by atoms with E-state index in [1.54, 1.807) is 24.5 Å². The van der Waals surface area contributed by atoms with Crippen molar-refractivity contribution >= 4 is 39.8 Å². The summed E-state index contributed by atoms with van der Waals surface area (Å²) >= 11 is 2.98. The van der Waals surface area contributed by atoms with Crippen LogP contribution in [0.4, 0.5) is 5.13 Å². The second-order valence-corrected chi connectivity index (χ2v) is 6.45. The number of anilines is 1. The molecule has 2 aromatic heterocycles. The van der Waals surface area contributed by atoms with Gasteiger partial charge in [0.25, 0.3) is 0 Å². The standard InChI is InChI=1S/C17H14N2O2S2/c1-21-13-5-2-4-12(10-13)15-11-23-17(18-15)19-16(20)8-7-14-6-3-9-22-14/h2-11H,1H3,(H,18,19,20). The van der Waals surface area contributed by atoms with Crippen molar-refractivity contribution in [1.29, 1.82) is 0 Å². The van der Waals surface area contributed by atoms with Gasteiger partial charge in [-0.05, 0) is 29.7 Å². The van der Waals surface area contributed by atoms with Crippen LogP contribution in [0.25, 0.3) is 17.3 Å². The molecule has 1 amide bonds. The molecule has 1 N–H and O–H groups in total. The molecule has 0 aliphatic heterocycles. The first-order valence-electron chi connectivity index (χ1n) is 6.87. The van der Waals surface area contributed by atoms with E-state index in [0.29, 0.717) is 5.13 Å². The Morgan fingerprint density at radius 3 is 2.96 bits per heavy atom. The normalized spacial score (nSPS) is 10.8. The Morgan fingerprint density at radius 1 is 1.26 bits per heavy atom. The number of carbonyl (C=O) groups is 1. The van der Waals surface area contributed by atoms with Crippen LogP contribution < -0.4 is 10.1 Å². The van der Waals surface area contributed by atoms with Crippen molar-refractivity contribution in [3.8, 4) is 17.0 Å². The SMILES string of the molecule is COc1cccc(-c2csc(NC(=O)C=Cc3cccs3)n2)c1. The highest BCUT2D eigenvalue weighted by atomic mass is 32.1. The molecule has 6 heteroatoms. The van der Waals surface area contributed by atoms with E-state index in [9.17, 15) is 4.79 Å². The van der Waals surface area contributed by atoms with Crippen LogP contribution in [0.1, 0.15) is 4.88 Å². The number of hydrogen-bond donors (Lipinski definition) is 1. The summed E-state index contributed by atoms with van der Waals surface area (Å²) in [4.78, 5) is 17.4. The van der Waals surface area contributed by atoms with Gasteiger partial charge in [-0.1, -0.05) is 18.2 Å². The number of methoxy groups -OCH3 is 1. The van der Waals surface area contributed by atoms with E-state index in [1.807, 2.05) is 47.2 Å². The quantitative estimate of drug-likeness (QED) is 0.693. The van der Waals surface area contributed by atoms with Crippen molar-refractivity contribution in [2.75, 3.05) is 12.4 Å². The molecule has 0 saturated carbocycles. The number of hydrogen-bond acceptors (Lipinski definition) is 5. The van der Waals surface area contributed by atoms with Gasteiger partial charge in [-0.25, -0.2) is 4.98 Å². The molecule has 0 bridgehead atoms. The summed E-state index contributed by atoms with van der Waals surface area (Å²) < 4.78 is 5.21. The summed E-state index contributed by atoms with van der Waals surface area (Å²) in [5.74, 6) is 0.588. The fraction of sp³-hybridized carbons (Fsp3) is 0.0588. The monoisotopic (exact) mass is 342 g/mol. The largest absolute Gasteiger partial charge is 0.497 e. The Labute approximate surface area is 142 Å². The average Bonchev–Trinajstić information content (AvgIpc) is 3.25. The first kappa shape index (κ1) is 15.5. The van der Waals surface area contributed by atoms with Crippen LogP contribution in [-0.4, -0.2) is 18.0 Å². The summed E-state index contributed by atoms with van der Waals surface area (Å²) in [5.41, 5.74) is 1.77. The van der Waals surface area contributed by atoms with Crippen molar-refractivity contribution in [2.24, 2.45) is 0 Å². The van der Waals surface area contributed by atoms with Gasteiger partial charge in [0, 0.05) is 21.9 Å². The molecular formula is C17H14N2O2S2. The number of ether oxygens (including phenoxy) is 1. The van der Waals surface area contributed by atoms with E-state index < -0.39 is 0 Å². The number of thiophene rings is 1. The van der Waals surface area contributed by atoms with Gasteiger partial charge in [0.1, 0.15) is 5.75 Å². The second-order valence-electron chi connectivity index (χ2n) is 4.61. The van der Waals surface area contributed by atoms with Crippen LogP contribution in [-0.2, 0) is 4.79 Å². The number of benzene rings is 1. The Morgan fingerprint density at radius 2 is 2.17 bits per heavy atom. The highest BCUT2D eigenvalue weighted by molar-refractivity contribution is 7.14. The van der Waals surface area contributed by atoms with Gasteiger partial charge < -0.3 is 4.74 Å². The minimum absolute atomic E-state index is 0.190. The molecule has 0 fully saturated rings. The molecule has 0 unspecified atom stereocenters. The Kier molecular flexibility index (Phi) is 4.85. The van der Waals surface area contributed by atoms with Crippen molar-refractivity contribution < 1.29 is 9.53 Å². The van der Waals surface area contributed by atoms with Gasteiger partial charge in [0.2, 0.25) is 5.91 Å². The molecule has 3 aromatic rings. The number of carbonyl (C=O) groups excluding carboxylic acids is 1. The third-order valence-electron chi connectivity index (χ3n) is 3.04. The lowest BCUT2D eigenvalue weighted by Crippen LogP contribution is -2.07. The van der Waals surface area contributed by atoms with Crippen LogP contribution in [0.3, 0.4) is 0 Å².